The molecule has 0 atom stereocenters. The molecule has 0 unspecified atom stereocenters. The van der Waals surface area contributed by atoms with Gasteiger partial charge in [-0.25, -0.2) is 0 Å². The highest BCUT2D eigenvalue weighted by Crippen LogP contribution is 2.57. The minimum atomic E-state index is -3.24. The summed E-state index contributed by atoms with van der Waals surface area (Å²) in [5, 5.41) is 0. The Morgan fingerprint density at radius 3 is 1.83 bits per heavy atom. The van der Waals surface area contributed by atoms with Crippen LogP contribution in [0.2, 0.25) is 0 Å². The van der Waals surface area contributed by atoms with Gasteiger partial charge in [0.1, 0.15) is 0 Å². The van der Waals surface area contributed by atoms with E-state index in [0.717, 1.165) is 19.3 Å². The average Bonchev–Trinajstić information content (AvgIpc) is 2.23. The predicted molar refractivity (Wildman–Crippen MR) is 64.3 cm³/mol. The van der Waals surface area contributed by atoms with Gasteiger partial charge in [-0.3, -0.25) is 4.79 Å². The van der Waals surface area contributed by atoms with Crippen LogP contribution in [0.15, 0.2) is 0 Å². The third-order valence-corrected chi connectivity index (χ3v) is 5.40. The maximum atomic E-state index is 13.3. The van der Waals surface area contributed by atoms with Gasteiger partial charge >= 0.3 is 5.92 Å². The monoisotopic (exact) mass is 257 g/mol. The number of nitrogens with zero attached hydrogens (tertiary/aromatic N) is 1. The molecule has 0 aliphatic heterocycles. The summed E-state index contributed by atoms with van der Waals surface area (Å²) in [6, 6.07) is 0. The summed E-state index contributed by atoms with van der Waals surface area (Å²) in [6.07, 6.45) is 6.59. The zero-order valence-corrected chi connectivity index (χ0v) is 11.1. The Bertz CT molecular complexity index is 339. The summed E-state index contributed by atoms with van der Waals surface area (Å²) in [4.78, 5) is 13.3. The van der Waals surface area contributed by atoms with Crippen molar-refractivity contribution in [1.82, 2.24) is 4.90 Å². The molecule has 0 spiro atoms. The fourth-order valence-corrected chi connectivity index (χ4v) is 4.99. The SMILES string of the molecule is CN(C(=O)C(C)(F)F)C12CC3CC(CC(C3)C1)C2. The van der Waals surface area contributed by atoms with Crippen LogP contribution in [0, 0.1) is 17.8 Å². The van der Waals surface area contributed by atoms with Crippen molar-refractivity contribution < 1.29 is 13.6 Å². The maximum Gasteiger partial charge on any atom is 0.322 e. The quantitative estimate of drug-likeness (QED) is 0.744. The van der Waals surface area contributed by atoms with E-state index in [-0.39, 0.29) is 5.54 Å². The summed E-state index contributed by atoms with van der Waals surface area (Å²) in [5.74, 6) is -2.24. The topological polar surface area (TPSA) is 20.3 Å². The van der Waals surface area contributed by atoms with E-state index in [9.17, 15) is 13.6 Å². The van der Waals surface area contributed by atoms with Crippen LogP contribution in [0.25, 0.3) is 0 Å². The second-order valence-electron chi connectivity index (χ2n) is 6.89. The maximum absolute atomic E-state index is 13.3. The first-order chi connectivity index (χ1) is 8.30. The molecular weight excluding hydrogens is 236 g/mol. The van der Waals surface area contributed by atoms with Gasteiger partial charge in [-0.15, -0.1) is 0 Å². The Kier molecular flexibility index (Phi) is 2.52. The molecule has 4 heteroatoms. The molecule has 18 heavy (non-hydrogen) atoms. The Hall–Kier alpha value is -0.670. The first-order valence-corrected chi connectivity index (χ1v) is 6.96. The van der Waals surface area contributed by atoms with E-state index >= 15 is 0 Å². The summed E-state index contributed by atoms with van der Waals surface area (Å²) in [6.45, 7) is 0.715. The number of halogens is 2. The molecule has 0 heterocycles. The van der Waals surface area contributed by atoms with Crippen molar-refractivity contribution in [2.75, 3.05) is 7.05 Å². The normalized spacial score (nSPS) is 42.1. The molecule has 4 aliphatic rings. The molecule has 0 aromatic carbocycles. The van der Waals surface area contributed by atoms with Crippen LogP contribution in [0.5, 0.6) is 0 Å². The van der Waals surface area contributed by atoms with Gasteiger partial charge < -0.3 is 4.90 Å². The lowest BCUT2D eigenvalue weighted by atomic mass is 9.52. The van der Waals surface area contributed by atoms with E-state index in [2.05, 4.69) is 0 Å². The zero-order valence-electron chi connectivity index (χ0n) is 11.1. The van der Waals surface area contributed by atoms with Gasteiger partial charge in [0.2, 0.25) is 0 Å². The Balaban J connectivity index is 1.85. The van der Waals surface area contributed by atoms with Gasteiger partial charge in [-0.1, -0.05) is 0 Å². The van der Waals surface area contributed by atoms with Crippen LogP contribution in [0.1, 0.15) is 45.4 Å². The summed E-state index contributed by atoms with van der Waals surface area (Å²) >= 11 is 0. The van der Waals surface area contributed by atoms with Crippen LogP contribution >= 0.6 is 0 Å². The van der Waals surface area contributed by atoms with Crippen molar-refractivity contribution in [2.24, 2.45) is 17.8 Å². The molecule has 1 amide bonds. The van der Waals surface area contributed by atoms with Crippen LogP contribution in [-0.4, -0.2) is 29.3 Å². The first kappa shape index (κ1) is 12.4. The van der Waals surface area contributed by atoms with Crippen molar-refractivity contribution in [1.29, 1.82) is 0 Å². The lowest BCUT2D eigenvalue weighted by Crippen LogP contribution is -2.62. The number of amides is 1. The molecule has 0 aromatic rings. The number of hydrogen-bond acceptors (Lipinski definition) is 1. The molecule has 0 N–H and O–H groups in total. The van der Waals surface area contributed by atoms with E-state index in [4.69, 9.17) is 0 Å². The van der Waals surface area contributed by atoms with Crippen LogP contribution in [-0.2, 0) is 4.79 Å². The van der Waals surface area contributed by atoms with E-state index < -0.39 is 11.8 Å². The largest absolute Gasteiger partial charge is 0.335 e. The van der Waals surface area contributed by atoms with E-state index in [1.165, 1.54) is 24.2 Å². The molecule has 4 fully saturated rings. The third-order valence-electron chi connectivity index (χ3n) is 5.40. The van der Waals surface area contributed by atoms with Gasteiger partial charge in [0, 0.05) is 19.5 Å². The van der Waals surface area contributed by atoms with Crippen molar-refractivity contribution >= 4 is 5.91 Å². The van der Waals surface area contributed by atoms with Crippen LogP contribution < -0.4 is 0 Å². The number of alkyl halides is 2. The van der Waals surface area contributed by atoms with Crippen LogP contribution in [0.4, 0.5) is 8.78 Å². The smallest absolute Gasteiger partial charge is 0.322 e. The highest BCUT2D eigenvalue weighted by molar-refractivity contribution is 5.83. The number of rotatable bonds is 2. The second kappa shape index (κ2) is 3.67. The molecule has 4 bridgehead atoms. The highest BCUT2D eigenvalue weighted by atomic mass is 19.3. The Morgan fingerprint density at radius 1 is 1.11 bits per heavy atom. The average molecular weight is 257 g/mol. The molecule has 102 valence electrons. The minimum Gasteiger partial charge on any atom is -0.335 e. The van der Waals surface area contributed by atoms with E-state index in [0.29, 0.717) is 24.7 Å². The standard InChI is InChI=1S/C14H21F2NO/c1-13(15,16)12(18)17(2)14-6-9-3-10(7-14)5-11(4-9)8-14/h9-11H,3-8H2,1-2H3. The number of carbonyl (C=O) groups is 1. The molecule has 4 rings (SSSR count). The molecule has 0 saturated heterocycles. The van der Waals surface area contributed by atoms with Crippen molar-refractivity contribution in [3.8, 4) is 0 Å². The Morgan fingerprint density at radius 2 is 1.50 bits per heavy atom. The highest BCUT2D eigenvalue weighted by Gasteiger charge is 2.55. The van der Waals surface area contributed by atoms with Gasteiger partial charge in [-0.05, 0) is 56.3 Å². The van der Waals surface area contributed by atoms with Crippen molar-refractivity contribution in [3.63, 3.8) is 0 Å². The minimum absolute atomic E-state index is 0.259. The van der Waals surface area contributed by atoms with Crippen molar-refractivity contribution in [2.45, 2.75) is 56.9 Å². The van der Waals surface area contributed by atoms with Gasteiger partial charge in [0.15, 0.2) is 0 Å². The molecule has 2 nitrogen and oxygen atoms in total. The molecule has 0 radical (unpaired) electrons. The molecule has 4 saturated carbocycles. The van der Waals surface area contributed by atoms with Gasteiger partial charge in [-0.2, -0.15) is 8.78 Å². The fraction of sp³-hybridized carbons (Fsp3) is 0.929. The molecular formula is C14H21F2NO. The summed E-state index contributed by atoms with van der Waals surface area (Å²) in [5.41, 5.74) is -0.259. The predicted octanol–water partition coefficient (Wildman–Crippen LogP) is 3.07. The van der Waals surface area contributed by atoms with E-state index in [1.54, 1.807) is 7.05 Å². The second-order valence-corrected chi connectivity index (χ2v) is 6.89. The number of hydrogen-bond donors (Lipinski definition) is 0. The third kappa shape index (κ3) is 1.76. The zero-order chi connectivity index (χ0) is 13.1. The summed E-state index contributed by atoms with van der Waals surface area (Å²) < 4.78 is 26.5. The fourth-order valence-electron chi connectivity index (χ4n) is 4.99. The first-order valence-electron chi connectivity index (χ1n) is 6.96. The van der Waals surface area contributed by atoms with Gasteiger partial charge in [0.25, 0.3) is 5.91 Å². The van der Waals surface area contributed by atoms with E-state index in [1.807, 2.05) is 0 Å². The lowest BCUT2D eigenvalue weighted by Gasteiger charge is -2.59. The van der Waals surface area contributed by atoms with Crippen molar-refractivity contribution in [3.05, 3.63) is 0 Å². The Labute approximate surface area is 107 Å². The summed E-state index contributed by atoms with van der Waals surface area (Å²) in [7, 11) is 1.59. The lowest BCUT2D eigenvalue weighted by molar-refractivity contribution is -0.169. The van der Waals surface area contributed by atoms with Crippen LogP contribution in [0.3, 0.4) is 0 Å². The molecule has 4 aliphatic carbocycles. The molecule has 0 aromatic heterocycles. The number of carbonyl (C=O) groups excluding carboxylic acids is 1. The van der Waals surface area contributed by atoms with Gasteiger partial charge in [0.05, 0.1) is 0 Å².